The number of thiazole rings is 2. The van der Waals surface area contributed by atoms with Crippen molar-refractivity contribution < 1.29 is 14.3 Å². The minimum absolute atomic E-state index is 0.180. The third kappa shape index (κ3) is 5.06. The Bertz CT molecular complexity index is 1060. The van der Waals surface area contributed by atoms with E-state index in [-0.39, 0.29) is 5.91 Å². The molecule has 0 bridgehead atoms. The first-order valence-corrected chi connectivity index (χ1v) is 11.9. The van der Waals surface area contributed by atoms with E-state index in [1.54, 1.807) is 14.2 Å². The van der Waals surface area contributed by atoms with Gasteiger partial charge in [0.05, 0.1) is 25.6 Å². The van der Waals surface area contributed by atoms with Gasteiger partial charge in [0.25, 0.3) is 5.91 Å². The van der Waals surface area contributed by atoms with Crippen LogP contribution in [0.4, 0.5) is 5.13 Å². The Morgan fingerprint density at radius 2 is 1.90 bits per heavy atom. The van der Waals surface area contributed by atoms with Crippen LogP contribution in [0, 0.1) is 6.92 Å². The zero-order chi connectivity index (χ0) is 21.8. The molecule has 1 saturated heterocycles. The number of aryl methyl sites for hydroxylation is 1. The zero-order valence-electron chi connectivity index (χ0n) is 17.9. The van der Waals surface area contributed by atoms with Crippen molar-refractivity contribution in [2.75, 3.05) is 32.6 Å². The summed E-state index contributed by atoms with van der Waals surface area (Å²) >= 11 is 2.82. The Balaban J connectivity index is 1.46. The lowest BCUT2D eigenvalue weighted by molar-refractivity contribution is 0.102. The summed E-state index contributed by atoms with van der Waals surface area (Å²) in [6, 6.07) is 5.62. The van der Waals surface area contributed by atoms with Crippen molar-refractivity contribution in [3.05, 3.63) is 39.8 Å². The first-order valence-electron chi connectivity index (χ1n) is 10.3. The fraction of sp³-hybridized carbons (Fsp3) is 0.409. The molecule has 1 aliphatic rings. The number of ether oxygens (including phenoxy) is 2. The van der Waals surface area contributed by atoms with Gasteiger partial charge in [0.15, 0.2) is 16.6 Å². The predicted octanol–water partition coefficient (Wildman–Crippen LogP) is 4.83. The fourth-order valence-electron chi connectivity index (χ4n) is 3.64. The number of benzene rings is 1. The molecule has 31 heavy (non-hydrogen) atoms. The van der Waals surface area contributed by atoms with Crippen LogP contribution in [0.1, 0.15) is 40.3 Å². The summed E-state index contributed by atoms with van der Waals surface area (Å²) in [5.41, 5.74) is 2.58. The van der Waals surface area contributed by atoms with Crippen molar-refractivity contribution in [1.29, 1.82) is 0 Å². The van der Waals surface area contributed by atoms with Crippen LogP contribution >= 0.6 is 22.7 Å². The van der Waals surface area contributed by atoms with Gasteiger partial charge >= 0.3 is 0 Å². The maximum Gasteiger partial charge on any atom is 0.269 e. The van der Waals surface area contributed by atoms with E-state index in [4.69, 9.17) is 9.47 Å². The van der Waals surface area contributed by atoms with Gasteiger partial charge in [0, 0.05) is 17.5 Å². The lowest BCUT2D eigenvalue weighted by atomic mass is 10.1. The highest BCUT2D eigenvalue weighted by Crippen LogP contribution is 2.35. The molecule has 1 aliphatic heterocycles. The van der Waals surface area contributed by atoms with E-state index in [0.29, 0.717) is 27.2 Å². The summed E-state index contributed by atoms with van der Waals surface area (Å²) in [7, 11) is 3.20. The molecular formula is C22H26N4O3S2. The van der Waals surface area contributed by atoms with Gasteiger partial charge in [0.2, 0.25) is 0 Å². The van der Waals surface area contributed by atoms with E-state index < -0.39 is 0 Å². The SMILES string of the molecule is COc1ccc(-c2nc(C)c(C(=O)Nc3nc(CN4CCCCC4)cs3)s2)cc1OC. The van der Waals surface area contributed by atoms with Gasteiger partial charge in [-0.25, -0.2) is 9.97 Å². The summed E-state index contributed by atoms with van der Waals surface area (Å²) < 4.78 is 10.7. The average molecular weight is 459 g/mol. The molecule has 1 aromatic carbocycles. The Kier molecular flexibility index (Phi) is 6.84. The van der Waals surface area contributed by atoms with Crippen molar-refractivity contribution in [2.45, 2.75) is 32.7 Å². The molecule has 0 radical (unpaired) electrons. The van der Waals surface area contributed by atoms with E-state index in [1.807, 2.05) is 30.5 Å². The highest BCUT2D eigenvalue weighted by atomic mass is 32.1. The number of carbonyl (C=O) groups is 1. The van der Waals surface area contributed by atoms with Gasteiger partial charge < -0.3 is 9.47 Å². The summed E-state index contributed by atoms with van der Waals surface area (Å²) in [5, 5.41) is 6.35. The second kappa shape index (κ2) is 9.76. The number of piperidine rings is 1. The molecule has 1 amide bonds. The van der Waals surface area contributed by atoms with E-state index in [2.05, 4.69) is 20.2 Å². The minimum atomic E-state index is -0.180. The Morgan fingerprint density at radius 1 is 1.13 bits per heavy atom. The van der Waals surface area contributed by atoms with E-state index in [0.717, 1.165) is 35.9 Å². The van der Waals surface area contributed by atoms with Crippen LogP contribution in [0.3, 0.4) is 0 Å². The Labute approximate surface area is 190 Å². The van der Waals surface area contributed by atoms with Crippen LogP contribution in [-0.2, 0) is 6.54 Å². The normalized spacial score (nSPS) is 14.4. The van der Waals surface area contributed by atoms with Crippen LogP contribution in [0.25, 0.3) is 10.6 Å². The molecule has 0 aliphatic carbocycles. The Hall–Kier alpha value is -2.49. The maximum absolute atomic E-state index is 12.9. The van der Waals surface area contributed by atoms with Crippen LogP contribution in [0.15, 0.2) is 23.6 Å². The molecule has 0 unspecified atom stereocenters. The summed E-state index contributed by atoms with van der Waals surface area (Å²) in [6.07, 6.45) is 3.82. The molecule has 0 atom stereocenters. The average Bonchev–Trinajstić information content (AvgIpc) is 3.40. The molecule has 0 spiro atoms. The number of nitrogens with zero attached hydrogens (tertiary/aromatic N) is 3. The van der Waals surface area contributed by atoms with Crippen molar-refractivity contribution in [3.63, 3.8) is 0 Å². The molecule has 2 aromatic heterocycles. The number of carbonyl (C=O) groups excluding carboxylic acids is 1. The molecule has 3 heterocycles. The number of methoxy groups -OCH3 is 2. The summed E-state index contributed by atoms with van der Waals surface area (Å²) in [4.78, 5) is 25.1. The highest BCUT2D eigenvalue weighted by molar-refractivity contribution is 7.17. The number of likely N-dealkylation sites (tertiary alicyclic amines) is 1. The second-order valence-corrected chi connectivity index (χ2v) is 9.30. The first kappa shape index (κ1) is 21.7. The number of amides is 1. The van der Waals surface area contributed by atoms with Gasteiger partial charge in [0.1, 0.15) is 9.88 Å². The largest absolute Gasteiger partial charge is 0.493 e. The highest BCUT2D eigenvalue weighted by Gasteiger charge is 2.19. The van der Waals surface area contributed by atoms with Gasteiger partial charge in [-0.3, -0.25) is 15.0 Å². The molecule has 4 rings (SSSR count). The van der Waals surface area contributed by atoms with E-state index in [9.17, 15) is 4.79 Å². The number of rotatable bonds is 7. The number of hydrogen-bond acceptors (Lipinski definition) is 8. The van der Waals surface area contributed by atoms with Crippen molar-refractivity contribution >= 4 is 33.7 Å². The molecule has 164 valence electrons. The predicted molar refractivity (Wildman–Crippen MR) is 125 cm³/mol. The lowest BCUT2D eigenvalue weighted by Gasteiger charge is -2.25. The summed E-state index contributed by atoms with van der Waals surface area (Å²) in [6.45, 7) is 4.94. The molecule has 1 fully saturated rings. The Morgan fingerprint density at radius 3 is 2.65 bits per heavy atom. The monoisotopic (exact) mass is 458 g/mol. The smallest absolute Gasteiger partial charge is 0.269 e. The number of aromatic nitrogens is 2. The standard InChI is InChI=1S/C22H26N4O3S2/c1-14-19(31-21(23-14)15-7-8-17(28-2)18(11-15)29-3)20(27)25-22-24-16(13-30-22)12-26-9-5-4-6-10-26/h7-8,11,13H,4-6,9-10,12H2,1-3H3,(H,24,25,27). The molecule has 3 aromatic rings. The quantitative estimate of drug-likeness (QED) is 0.546. The van der Waals surface area contributed by atoms with Crippen molar-refractivity contribution in [2.24, 2.45) is 0 Å². The van der Waals surface area contributed by atoms with Crippen LogP contribution in [0.5, 0.6) is 11.5 Å². The van der Waals surface area contributed by atoms with Crippen molar-refractivity contribution in [1.82, 2.24) is 14.9 Å². The third-order valence-corrected chi connectivity index (χ3v) is 7.25. The van der Waals surface area contributed by atoms with E-state index >= 15 is 0 Å². The second-order valence-electron chi connectivity index (χ2n) is 7.44. The number of anilines is 1. The van der Waals surface area contributed by atoms with Crippen LogP contribution in [0.2, 0.25) is 0 Å². The maximum atomic E-state index is 12.9. The van der Waals surface area contributed by atoms with Gasteiger partial charge in [-0.05, 0) is 51.1 Å². The fourth-order valence-corrected chi connectivity index (χ4v) is 5.29. The van der Waals surface area contributed by atoms with Gasteiger partial charge in [-0.2, -0.15) is 0 Å². The molecule has 0 saturated carbocycles. The molecule has 1 N–H and O–H groups in total. The molecule has 9 heteroatoms. The minimum Gasteiger partial charge on any atom is -0.493 e. The van der Waals surface area contributed by atoms with Crippen molar-refractivity contribution in [3.8, 4) is 22.1 Å². The third-order valence-electron chi connectivity index (χ3n) is 5.24. The van der Waals surface area contributed by atoms with Gasteiger partial charge in [-0.15, -0.1) is 22.7 Å². The van der Waals surface area contributed by atoms with Crippen LogP contribution in [-0.4, -0.2) is 48.1 Å². The zero-order valence-corrected chi connectivity index (χ0v) is 19.6. The van der Waals surface area contributed by atoms with Gasteiger partial charge in [-0.1, -0.05) is 6.42 Å². The number of hydrogen-bond donors (Lipinski definition) is 1. The van der Waals surface area contributed by atoms with E-state index in [1.165, 1.54) is 41.9 Å². The van der Waals surface area contributed by atoms with Crippen LogP contribution < -0.4 is 14.8 Å². The number of nitrogens with one attached hydrogen (secondary N) is 1. The molecular weight excluding hydrogens is 432 g/mol. The molecule has 7 nitrogen and oxygen atoms in total. The topological polar surface area (TPSA) is 76.6 Å². The summed E-state index contributed by atoms with van der Waals surface area (Å²) in [5.74, 6) is 1.10. The lowest BCUT2D eigenvalue weighted by Crippen LogP contribution is -2.29. The first-order chi connectivity index (χ1) is 15.1.